The molecule has 0 atom stereocenters. The second kappa shape index (κ2) is 5.15. The van der Waals surface area contributed by atoms with E-state index in [2.05, 4.69) is 10.8 Å². The zero-order valence-corrected chi connectivity index (χ0v) is 10.6. The second-order valence-corrected chi connectivity index (χ2v) is 5.16. The van der Waals surface area contributed by atoms with Crippen LogP contribution in [-0.2, 0) is 4.84 Å². The first-order valence-corrected chi connectivity index (χ1v) is 5.73. The fraction of sp³-hybridized carbons (Fsp3) is 0.400. The average Bonchev–Trinajstić information content (AvgIpc) is 2.62. The van der Waals surface area contributed by atoms with Crippen LogP contribution in [0.4, 0.5) is 9.80 Å². The zero-order chi connectivity index (χ0) is 13.1. The van der Waals surface area contributed by atoms with E-state index in [1.165, 1.54) is 6.07 Å². The highest BCUT2D eigenvalue weighted by atomic mass is 32.1. The third-order valence-corrected chi connectivity index (χ3v) is 2.40. The lowest BCUT2D eigenvalue weighted by molar-refractivity contribution is -0.0505. The minimum atomic E-state index is -1.08. The summed E-state index contributed by atoms with van der Waals surface area (Å²) in [5.74, 6) is -1.08. The Morgan fingerprint density at radius 1 is 1.41 bits per heavy atom. The van der Waals surface area contributed by atoms with Gasteiger partial charge in [-0.05, 0) is 32.2 Å². The largest absolute Gasteiger partial charge is 0.478 e. The molecule has 7 heteroatoms. The molecule has 3 N–H and O–H groups in total. The van der Waals surface area contributed by atoms with Crippen molar-refractivity contribution in [1.82, 2.24) is 5.48 Å². The van der Waals surface area contributed by atoms with E-state index in [1.807, 2.05) is 0 Å². The highest BCUT2D eigenvalue weighted by Gasteiger charge is 2.16. The number of carboxylic acids is 1. The third-order valence-electron chi connectivity index (χ3n) is 1.57. The monoisotopic (exact) mass is 258 g/mol. The van der Waals surface area contributed by atoms with Crippen LogP contribution >= 0.6 is 11.3 Å². The molecule has 1 aromatic rings. The summed E-state index contributed by atoms with van der Waals surface area (Å²) in [6.07, 6.45) is 0. The van der Waals surface area contributed by atoms with Gasteiger partial charge in [-0.15, -0.1) is 11.3 Å². The molecule has 0 unspecified atom stereocenters. The molecule has 0 spiro atoms. The number of rotatable bonds is 3. The molecular formula is C10H14N2O4S. The van der Waals surface area contributed by atoms with Crippen LogP contribution < -0.4 is 10.8 Å². The van der Waals surface area contributed by atoms with Gasteiger partial charge in [0.15, 0.2) is 0 Å². The van der Waals surface area contributed by atoms with Gasteiger partial charge >= 0.3 is 12.0 Å². The highest BCUT2D eigenvalue weighted by Crippen LogP contribution is 2.22. The number of urea groups is 1. The lowest BCUT2D eigenvalue weighted by atomic mass is 10.2. The molecule has 0 aliphatic rings. The van der Waals surface area contributed by atoms with Crippen LogP contribution in [0.3, 0.4) is 0 Å². The van der Waals surface area contributed by atoms with Crippen molar-refractivity contribution in [2.24, 2.45) is 0 Å². The van der Waals surface area contributed by atoms with Crippen molar-refractivity contribution in [3.8, 4) is 0 Å². The summed E-state index contributed by atoms with van der Waals surface area (Å²) in [5, 5.41) is 13.1. The van der Waals surface area contributed by atoms with Crippen LogP contribution in [-0.4, -0.2) is 22.7 Å². The van der Waals surface area contributed by atoms with E-state index in [1.54, 1.807) is 26.2 Å². The summed E-state index contributed by atoms with van der Waals surface area (Å²) in [7, 11) is 0. The zero-order valence-electron chi connectivity index (χ0n) is 9.73. The summed E-state index contributed by atoms with van der Waals surface area (Å²) in [6.45, 7) is 5.34. The normalized spacial score (nSPS) is 11.0. The Labute approximate surface area is 103 Å². The smallest absolute Gasteiger partial charge is 0.343 e. The Balaban J connectivity index is 2.57. The summed E-state index contributed by atoms with van der Waals surface area (Å²) in [5.41, 5.74) is 1.74. The standard InChI is InChI=1S/C10H14N2O4S/c1-10(2,3)16-12-9(15)11-7-6(8(13)14)4-5-17-7/h4-5H,1-3H3,(H,13,14)(H2,11,12,15). The van der Waals surface area contributed by atoms with E-state index in [-0.39, 0.29) is 10.6 Å². The van der Waals surface area contributed by atoms with Gasteiger partial charge in [0.25, 0.3) is 0 Å². The lowest BCUT2D eigenvalue weighted by Crippen LogP contribution is -2.36. The van der Waals surface area contributed by atoms with Crippen LogP contribution in [0.25, 0.3) is 0 Å². The van der Waals surface area contributed by atoms with Gasteiger partial charge in [0.1, 0.15) is 5.00 Å². The minimum Gasteiger partial charge on any atom is -0.478 e. The number of hydrogen-bond donors (Lipinski definition) is 3. The average molecular weight is 258 g/mol. The predicted molar refractivity (Wildman–Crippen MR) is 64.3 cm³/mol. The van der Waals surface area contributed by atoms with E-state index in [4.69, 9.17) is 9.94 Å². The number of carbonyl (C=O) groups excluding carboxylic acids is 1. The first-order valence-electron chi connectivity index (χ1n) is 4.85. The number of hydrogen-bond acceptors (Lipinski definition) is 4. The first kappa shape index (κ1) is 13.5. The molecule has 6 nitrogen and oxygen atoms in total. The van der Waals surface area contributed by atoms with Gasteiger partial charge in [-0.1, -0.05) is 0 Å². The molecular weight excluding hydrogens is 244 g/mol. The lowest BCUT2D eigenvalue weighted by Gasteiger charge is -2.18. The van der Waals surface area contributed by atoms with Crippen molar-refractivity contribution in [2.45, 2.75) is 26.4 Å². The van der Waals surface area contributed by atoms with Crippen LogP contribution in [0.15, 0.2) is 11.4 Å². The van der Waals surface area contributed by atoms with E-state index < -0.39 is 17.6 Å². The maximum atomic E-state index is 11.4. The van der Waals surface area contributed by atoms with E-state index >= 15 is 0 Å². The summed E-state index contributed by atoms with van der Waals surface area (Å²) < 4.78 is 0. The molecule has 0 aromatic carbocycles. The Morgan fingerprint density at radius 2 is 2.06 bits per heavy atom. The molecule has 2 amide bonds. The number of aromatic carboxylic acids is 1. The van der Waals surface area contributed by atoms with Crippen LogP contribution in [0.1, 0.15) is 31.1 Å². The third kappa shape index (κ3) is 4.41. The topological polar surface area (TPSA) is 87.7 Å². The van der Waals surface area contributed by atoms with E-state index in [0.717, 1.165) is 11.3 Å². The molecule has 1 aromatic heterocycles. The summed E-state index contributed by atoms with van der Waals surface area (Å²) >= 11 is 1.13. The summed E-state index contributed by atoms with van der Waals surface area (Å²) in [6, 6.07) is 0.817. The van der Waals surface area contributed by atoms with Crippen molar-refractivity contribution in [1.29, 1.82) is 0 Å². The number of amides is 2. The van der Waals surface area contributed by atoms with Crippen molar-refractivity contribution >= 4 is 28.3 Å². The first-order chi connectivity index (χ1) is 7.79. The Hall–Kier alpha value is -1.60. The van der Waals surface area contributed by atoms with Crippen LogP contribution in [0.2, 0.25) is 0 Å². The van der Waals surface area contributed by atoms with Crippen molar-refractivity contribution in [2.75, 3.05) is 5.32 Å². The second-order valence-electron chi connectivity index (χ2n) is 4.24. The SMILES string of the molecule is CC(C)(C)ONC(=O)Nc1sccc1C(=O)O. The van der Waals surface area contributed by atoms with Crippen molar-refractivity contribution in [3.05, 3.63) is 17.0 Å². The number of thiophene rings is 1. The van der Waals surface area contributed by atoms with Gasteiger partial charge in [-0.2, -0.15) is 0 Å². The number of hydroxylamine groups is 1. The molecule has 17 heavy (non-hydrogen) atoms. The van der Waals surface area contributed by atoms with Gasteiger partial charge < -0.3 is 5.11 Å². The van der Waals surface area contributed by atoms with Gasteiger partial charge in [0.2, 0.25) is 0 Å². The maximum absolute atomic E-state index is 11.4. The quantitative estimate of drug-likeness (QED) is 0.726. The summed E-state index contributed by atoms with van der Waals surface area (Å²) in [4.78, 5) is 27.2. The van der Waals surface area contributed by atoms with Gasteiger partial charge in [-0.25, -0.2) is 15.1 Å². The molecule has 0 saturated heterocycles. The van der Waals surface area contributed by atoms with Gasteiger partial charge in [0, 0.05) is 0 Å². The predicted octanol–water partition coefficient (Wildman–Crippen LogP) is 2.30. The van der Waals surface area contributed by atoms with E-state index in [0.29, 0.717) is 0 Å². The molecule has 0 aliphatic heterocycles. The van der Waals surface area contributed by atoms with Crippen molar-refractivity contribution < 1.29 is 19.5 Å². The number of carbonyl (C=O) groups is 2. The number of carboxylic acid groups (broad SMARTS) is 1. The fourth-order valence-electron chi connectivity index (χ4n) is 0.903. The molecule has 1 rings (SSSR count). The Morgan fingerprint density at radius 3 is 2.59 bits per heavy atom. The number of nitrogens with one attached hydrogen (secondary N) is 2. The Kier molecular flexibility index (Phi) is 4.08. The van der Waals surface area contributed by atoms with Crippen molar-refractivity contribution in [3.63, 3.8) is 0 Å². The molecule has 94 valence electrons. The molecule has 0 aliphatic carbocycles. The number of anilines is 1. The van der Waals surface area contributed by atoms with Gasteiger partial charge in [-0.3, -0.25) is 10.2 Å². The molecule has 0 radical (unpaired) electrons. The Bertz CT molecular complexity index is 422. The molecule has 0 saturated carbocycles. The highest BCUT2D eigenvalue weighted by molar-refractivity contribution is 7.14. The molecule has 0 fully saturated rings. The van der Waals surface area contributed by atoms with Gasteiger partial charge in [0.05, 0.1) is 11.2 Å². The van der Waals surface area contributed by atoms with Crippen LogP contribution in [0.5, 0.6) is 0 Å². The molecule has 0 bridgehead atoms. The fourth-order valence-corrected chi connectivity index (χ4v) is 1.68. The molecule has 1 heterocycles. The van der Waals surface area contributed by atoms with E-state index in [9.17, 15) is 9.59 Å². The van der Waals surface area contributed by atoms with Crippen LogP contribution in [0, 0.1) is 0 Å². The minimum absolute atomic E-state index is 0.0564. The maximum Gasteiger partial charge on any atom is 0.343 e.